The molecule has 4 aliphatic rings. The van der Waals surface area contributed by atoms with Crippen molar-refractivity contribution >= 4 is 93.7 Å². The van der Waals surface area contributed by atoms with Gasteiger partial charge in [0, 0.05) is 93.1 Å². The first-order chi connectivity index (χ1) is 61.1. The van der Waals surface area contributed by atoms with Crippen LogP contribution in [-0.2, 0) is 128 Å². The van der Waals surface area contributed by atoms with Gasteiger partial charge in [0.25, 0.3) is 0 Å². The molecule has 748 valence electrons. The van der Waals surface area contributed by atoms with Crippen molar-refractivity contribution < 1.29 is 142 Å². The van der Waals surface area contributed by atoms with Crippen molar-refractivity contribution in [3.63, 3.8) is 0 Å². The topological polar surface area (TPSA) is 323 Å². The van der Waals surface area contributed by atoms with Crippen LogP contribution in [0.2, 0.25) is 0 Å². The monoisotopic (exact) mass is 1950 g/mol. The van der Waals surface area contributed by atoms with E-state index in [1.807, 2.05) is 69.2 Å². The summed E-state index contributed by atoms with van der Waals surface area (Å²) in [6.07, 6.45) is -16.5. The summed E-state index contributed by atoms with van der Waals surface area (Å²) in [6.45, 7) is 28.7. The molecule has 0 saturated carbocycles. The number of ether oxygens (including phenoxy) is 25. The number of hydrogen-bond donors (Lipinski definition) is 2. The zero-order chi connectivity index (χ0) is 93.4. The lowest BCUT2D eigenvalue weighted by molar-refractivity contribution is -0.383. The summed E-state index contributed by atoms with van der Waals surface area (Å²) in [4.78, 5) is 56.9. The number of carbonyl (C=O) groups excluding carboxylic acids is 4. The van der Waals surface area contributed by atoms with Crippen LogP contribution in [0, 0.1) is 0 Å². The maximum atomic E-state index is 18.8. The molecular formula is C89H159Cl6FN2O29. The second-order valence-corrected chi connectivity index (χ2v) is 37.5. The molecule has 31 nitrogen and oxygen atoms in total. The summed E-state index contributed by atoms with van der Waals surface area (Å²) in [5.41, 5.74) is 0. The van der Waals surface area contributed by atoms with Crippen molar-refractivity contribution in [2.24, 2.45) is 0 Å². The first kappa shape index (κ1) is 118. The molecule has 2 N–H and O–H groups in total. The van der Waals surface area contributed by atoms with Gasteiger partial charge in [0.05, 0.1) is 45.7 Å². The maximum Gasteiger partial charge on any atom is 0.407 e. The molecule has 38 heteroatoms. The summed E-state index contributed by atoms with van der Waals surface area (Å²) in [5.74, 6) is -1.37. The SMILES string of the molecule is CCCCOCC1O[C@H](F)C(O[C@@H]2OC(COCCCC)[C@@H](O[C@@H]3OC(COCCCC)[C@H](OCCCC)C(OCCCC)C3OC(C)=O)C(OCCCC)[C@@H]2NC(=O)OCC(Cl)(Cl)Cl)C(OCCCC)[C@@H]1O[C@@H]1OC(COCCCC)[C@@H](O[C@H](OC(COCCCC)[C@@H](C)OCCCC)[C@H](COCCCC)OC(C)=O)C(OCCCC)[C@@H]1NC(=O)OCC(Cl)(Cl)Cl. The Morgan fingerprint density at radius 3 is 1.09 bits per heavy atom. The van der Waals surface area contributed by atoms with Crippen LogP contribution in [0.5, 0.6) is 0 Å². The summed E-state index contributed by atoms with van der Waals surface area (Å²) in [5, 5.41) is 5.80. The van der Waals surface area contributed by atoms with Gasteiger partial charge in [-0.15, -0.1) is 0 Å². The second-order valence-electron chi connectivity index (χ2n) is 32.5. The van der Waals surface area contributed by atoms with Gasteiger partial charge < -0.3 is 129 Å². The van der Waals surface area contributed by atoms with Crippen LogP contribution in [0.1, 0.15) is 258 Å². The van der Waals surface area contributed by atoms with Gasteiger partial charge in [0.15, 0.2) is 37.4 Å². The zero-order valence-corrected chi connectivity index (χ0v) is 83.0. The van der Waals surface area contributed by atoms with Crippen LogP contribution in [-0.4, -0.2) is 311 Å². The van der Waals surface area contributed by atoms with Crippen LogP contribution in [0.25, 0.3) is 0 Å². The standard InChI is InChI=1S/C89H159Cl6FN2O29/c1-16-28-40-103-52-63(60(13)109-46-34-22-7)120-82(68(117-61(14)99)57-108-45-33-21-6)124-72-66(55-106-43-31-19-4)121-83(69(75(72)111-48-36-24-9)97-86(101)115-58-88(90,91)92)125-74-65(54-105-42-30-18-3)119-81(96)79(78(74)114-51-39-27-12)127-84-70(98-87(102)116-59-89(93,94)95)76(112-49-37-25-10)73(67(122-84)56-107-44-32-20-5)126-85-80(118-62(15)100)77(113-50-38-26-11)71(110-47-35-23-8)64(123-85)53-104-41-29-17-2/h60,63-85H,16-59H2,1-15H3,(H,97,101)(H,98,102)/t60-,63?,64?,65?,66?,67?,68+,69+,70+,71+,72-,73-,74-,75?,76?,77?,78?,79?,80?,81+,82+,83+,84+,85+/m1/s1. The number of halogens is 7. The highest BCUT2D eigenvalue weighted by Gasteiger charge is 2.60. The quantitative estimate of drug-likeness (QED) is 0.0188. The fourth-order valence-electron chi connectivity index (χ4n) is 14.0. The van der Waals surface area contributed by atoms with E-state index in [1.54, 1.807) is 0 Å². The van der Waals surface area contributed by atoms with Crippen molar-refractivity contribution in [2.75, 3.05) is 132 Å². The van der Waals surface area contributed by atoms with Gasteiger partial charge in [0.2, 0.25) is 13.9 Å². The molecule has 24 atom stereocenters. The van der Waals surface area contributed by atoms with Gasteiger partial charge in [0.1, 0.15) is 111 Å². The summed E-state index contributed by atoms with van der Waals surface area (Å²) < 4.78 is 182. The number of alkyl halides is 7. The van der Waals surface area contributed by atoms with E-state index in [4.69, 9.17) is 188 Å². The Balaban J connectivity index is 2.19. The van der Waals surface area contributed by atoms with E-state index < -0.39 is 192 Å². The van der Waals surface area contributed by atoms with Crippen LogP contribution < -0.4 is 10.6 Å². The average Bonchev–Trinajstić information content (AvgIpc) is 0.760. The number of amides is 2. The number of rotatable bonds is 72. The third-order valence-corrected chi connectivity index (χ3v) is 21.8. The largest absolute Gasteiger partial charge is 0.455 e. The number of nitrogens with one attached hydrogen (secondary N) is 2. The maximum absolute atomic E-state index is 18.8. The Kier molecular flexibility index (Phi) is 64.1. The van der Waals surface area contributed by atoms with E-state index >= 15 is 4.39 Å². The molecule has 0 aliphatic carbocycles. The molecule has 0 aromatic carbocycles. The van der Waals surface area contributed by atoms with E-state index in [0.717, 1.165) is 77.0 Å². The van der Waals surface area contributed by atoms with Crippen molar-refractivity contribution in [1.82, 2.24) is 10.6 Å². The van der Waals surface area contributed by atoms with E-state index in [2.05, 4.69) is 31.4 Å². The lowest BCUT2D eigenvalue weighted by Gasteiger charge is -2.52. The number of carbonyl (C=O) groups is 4. The lowest BCUT2D eigenvalue weighted by atomic mass is 9.93. The Bertz CT molecular complexity index is 2800. The fraction of sp³-hybridized carbons (Fsp3) is 0.955. The second kappa shape index (κ2) is 69.2. The van der Waals surface area contributed by atoms with Gasteiger partial charge >= 0.3 is 24.1 Å². The van der Waals surface area contributed by atoms with Crippen LogP contribution in [0.15, 0.2) is 0 Å². The smallest absolute Gasteiger partial charge is 0.407 e. The van der Waals surface area contributed by atoms with E-state index in [0.29, 0.717) is 103 Å². The Labute approximate surface area is 786 Å². The van der Waals surface area contributed by atoms with Gasteiger partial charge in [-0.05, 0) is 84.0 Å². The minimum absolute atomic E-state index is 0.0144. The van der Waals surface area contributed by atoms with Crippen LogP contribution >= 0.6 is 69.6 Å². The first-order valence-corrected chi connectivity index (χ1v) is 49.5. The first-order valence-electron chi connectivity index (χ1n) is 47.2. The predicted octanol–water partition coefficient (Wildman–Crippen LogP) is 16.9. The molecule has 4 aliphatic heterocycles. The van der Waals surface area contributed by atoms with Gasteiger partial charge in [-0.2, -0.15) is 0 Å². The Morgan fingerprint density at radius 2 is 0.685 bits per heavy atom. The highest BCUT2D eigenvalue weighted by atomic mass is 35.6. The van der Waals surface area contributed by atoms with E-state index in [-0.39, 0.29) is 92.5 Å². The van der Waals surface area contributed by atoms with Gasteiger partial charge in [-0.3, -0.25) is 9.59 Å². The molecule has 4 saturated heterocycles. The Morgan fingerprint density at radius 1 is 0.362 bits per heavy atom. The number of esters is 2. The predicted molar refractivity (Wildman–Crippen MR) is 480 cm³/mol. The summed E-state index contributed by atoms with van der Waals surface area (Å²) in [6, 6.07) is -3.18. The zero-order valence-electron chi connectivity index (χ0n) is 78.5. The molecule has 2 amide bonds. The highest BCUT2D eigenvalue weighted by molar-refractivity contribution is 6.68. The molecule has 0 spiro atoms. The fourth-order valence-corrected chi connectivity index (χ4v) is 14.3. The number of unbranched alkanes of at least 4 members (excludes halogenated alkanes) is 12. The minimum Gasteiger partial charge on any atom is -0.455 e. The van der Waals surface area contributed by atoms with Crippen molar-refractivity contribution in [3.05, 3.63) is 0 Å². The molecular weight excluding hydrogens is 1790 g/mol. The molecule has 0 aromatic rings. The highest BCUT2D eigenvalue weighted by Crippen LogP contribution is 2.41. The molecule has 4 rings (SSSR count). The van der Waals surface area contributed by atoms with Crippen LogP contribution in [0.4, 0.5) is 14.0 Å². The average molecular weight is 1950 g/mol. The van der Waals surface area contributed by atoms with Crippen molar-refractivity contribution in [1.29, 1.82) is 0 Å². The third-order valence-electron chi connectivity index (χ3n) is 21.1. The molecule has 4 heterocycles. The Hall–Kier alpha value is -1.69. The minimum atomic E-state index is -2.46. The molecule has 0 bridgehead atoms. The van der Waals surface area contributed by atoms with Crippen molar-refractivity contribution in [3.8, 4) is 0 Å². The normalized spacial score (nSPS) is 27.5. The number of alkyl carbamates (subject to hydrolysis) is 2. The van der Waals surface area contributed by atoms with E-state index in [9.17, 15) is 19.2 Å². The molecule has 0 aromatic heterocycles. The van der Waals surface area contributed by atoms with Gasteiger partial charge in [-0.1, -0.05) is 230 Å². The molecule has 4 fully saturated rings. The lowest BCUT2D eigenvalue weighted by Crippen LogP contribution is -2.71. The van der Waals surface area contributed by atoms with Crippen LogP contribution in [0.3, 0.4) is 0 Å². The molecule has 11 unspecified atom stereocenters. The van der Waals surface area contributed by atoms with Gasteiger partial charge in [-0.25, -0.2) is 14.0 Å². The summed E-state index contributed by atoms with van der Waals surface area (Å²) >= 11 is 37.7. The van der Waals surface area contributed by atoms with Crippen molar-refractivity contribution in [2.45, 2.75) is 413 Å². The third kappa shape index (κ3) is 46.3. The number of hydrogen-bond acceptors (Lipinski definition) is 29. The molecule has 127 heavy (non-hydrogen) atoms. The molecule has 0 radical (unpaired) electrons. The van der Waals surface area contributed by atoms with E-state index in [1.165, 1.54) is 13.8 Å². The summed E-state index contributed by atoms with van der Waals surface area (Å²) in [7, 11) is 0.